The molecule has 0 spiro atoms. The molecule has 7 aromatic rings. The summed E-state index contributed by atoms with van der Waals surface area (Å²) in [4.78, 5) is 116. The molecule has 0 saturated heterocycles. The fourth-order valence-electron chi connectivity index (χ4n) is 8.35. The summed E-state index contributed by atoms with van der Waals surface area (Å²) < 4.78 is 52.8. The Labute approximate surface area is 434 Å². The quantitative estimate of drug-likeness (QED) is 0.0954. The third-order valence-electron chi connectivity index (χ3n) is 11.2. The van der Waals surface area contributed by atoms with Crippen LogP contribution in [0.5, 0.6) is 0 Å². The Bertz CT molecular complexity index is 3780. The van der Waals surface area contributed by atoms with Gasteiger partial charge in [-0.2, -0.15) is 0 Å². The van der Waals surface area contributed by atoms with Gasteiger partial charge in [0.05, 0.1) is 45.2 Å². The molecule has 4 aromatic carbocycles. The van der Waals surface area contributed by atoms with Crippen LogP contribution >= 0.6 is 30.4 Å². The van der Waals surface area contributed by atoms with E-state index in [-0.39, 0.29) is 120 Å². The Morgan fingerprint density at radius 1 is 0.443 bits per heavy atom. The van der Waals surface area contributed by atoms with Gasteiger partial charge in [-0.15, -0.1) is 0 Å². The second-order valence-corrected chi connectivity index (χ2v) is 21.4. The molecule has 0 fully saturated rings. The van der Waals surface area contributed by atoms with Gasteiger partial charge in [-0.3, -0.25) is 0 Å². The molecule has 0 unspecified atom stereocenters. The van der Waals surface area contributed by atoms with Crippen molar-refractivity contribution in [1.82, 2.24) is 19.5 Å². The average Bonchev–Trinajstić information content (AvgIpc) is 4.05. The molecular weight excluding hydrogens is 1140 g/mol. The maximum Gasteiger partial charge on any atom is 4.00 e. The maximum atomic E-state index is 12.9. The number of para-hydroxylation sites is 4. The normalized spacial score (nSPS) is 12.7. The number of nitrogens with one attached hydrogen (secondary N) is 1. The van der Waals surface area contributed by atoms with E-state index in [0.717, 1.165) is 30.3 Å². The van der Waals surface area contributed by atoms with Crippen molar-refractivity contribution in [3.8, 4) is 39.1 Å². The van der Waals surface area contributed by atoms with Gasteiger partial charge in [0.25, 0.3) is 0 Å². The molecule has 0 atom stereocenters. The van der Waals surface area contributed by atoms with E-state index in [0.29, 0.717) is 16.7 Å². The number of nitrogens with two attached hydrogens (primary N) is 4. The van der Waals surface area contributed by atoms with Gasteiger partial charge >= 0.3 is 52.4 Å². The number of aromatic amines is 1. The van der Waals surface area contributed by atoms with Crippen LogP contribution < -0.4 is 83.3 Å². The van der Waals surface area contributed by atoms with E-state index >= 15 is 0 Å². The molecule has 8 bridgehead atoms. The largest absolute Gasteiger partial charge is 4.00 e. The van der Waals surface area contributed by atoms with Crippen LogP contribution in [0.4, 0.5) is 22.7 Å². The Hall–Kier alpha value is -4.95. The fourth-order valence-corrected chi connectivity index (χ4v) is 11.1. The first-order valence-electron chi connectivity index (χ1n) is 19.7. The average molecular weight is 1170 g/mol. The predicted octanol–water partition coefficient (Wildman–Crippen LogP) is -0.401. The summed E-state index contributed by atoms with van der Waals surface area (Å²) in [5.74, 6) is 0. The summed E-state index contributed by atoms with van der Waals surface area (Å²) in [6.07, 6.45) is 6.21. The summed E-state index contributed by atoms with van der Waals surface area (Å²) in [5, 5.41) is -3.58. The summed E-state index contributed by atoms with van der Waals surface area (Å²) in [7, 11) is -22.9. The van der Waals surface area contributed by atoms with Crippen molar-refractivity contribution in [2.75, 3.05) is 22.9 Å². The molecule has 346 valence electrons. The van der Waals surface area contributed by atoms with Crippen LogP contribution in [-0.4, -0.2) is 19.5 Å². The Balaban J connectivity index is 0.00000361. The number of hydrogen-bond acceptors (Lipinski definition) is 18. The first kappa shape index (κ1) is 52.9. The van der Waals surface area contributed by atoms with Gasteiger partial charge in [0.15, 0.2) is 0 Å². The molecule has 9 N–H and O–H groups in total. The summed E-state index contributed by atoms with van der Waals surface area (Å²) in [5.41, 5.74) is 23.7. The van der Waals surface area contributed by atoms with Crippen LogP contribution in [0.3, 0.4) is 0 Å². The molecule has 3 aromatic heterocycles. The van der Waals surface area contributed by atoms with Gasteiger partial charge in [-0.05, 0) is 91.1 Å². The van der Waals surface area contributed by atoms with Gasteiger partial charge in [-0.25, -0.2) is 9.97 Å². The summed E-state index contributed by atoms with van der Waals surface area (Å²) in [6.45, 7) is 0. The number of aromatic nitrogens is 4. The smallest absolute Gasteiger partial charge is 0.807 e. The number of rotatable bonds is 8. The van der Waals surface area contributed by atoms with Gasteiger partial charge < -0.3 is 89.9 Å². The van der Waals surface area contributed by atoms with Crippen molar-refractivity contribution in [3.63, 3.8) is 0 Å². The number of nitrogens with zero attached hydrogens (tertiary/aromatic N) is 3. The number of hydrogen-bond donors (Lipinski definition) is 5. The number of nitrogen functional groups attached to an aromatic ring is 4. The third-order valence-corrected chi connectivity index (χ3v) is 15.1. The molecule has 26 heteroatoms. The van der Waals surface area contributed by atoms with Crippen molar-refractivity contribution in [3.05, 3.63) is 126 Å². The Morgan fingerprint density at radius 2 is 0.829 bits per heavy atom. The van der Waals surface area contributed by atoms with E-state index in [1.807, 2.05) is 0 Å². The Morgan fingerprint density at radius 3 is 1.30 bits per heavy atom. The minimum Gasteiger partial charge on any atom is -0.807 e. The molecule has 9 rings (SSSR count). The van der Waals surface area contributed by atoms with Crippen LogP contribution in [0.25, 0.3) is 85.4 Å². The molecule has 20 nitrogen and oxygen atoms in total. The van der Waals surface area contributed by atoms with Gasteiger partial charge in [0.1, 0.15) is 0 Å². The number of H-pyrrole nitrogens is 1. The Kier molecular flexibility index (Phi) is 14.5. The molecule has 2 aliphatic heterocycles. The van der Waals surface area contributed by atoms with Crippen LogP contribution in [0.15, 0.2) is 103 Å². The van der Waals surface area contributed by atoms with Gasteiger partial charge in [0.2, 0.25) is 0 Å². The van der Waals surface area contributed by atoms with E-state index < -0.39 is 74.4 Å². The zero-order valence-corrected chi connectivity index (χ0v) is 44.0. The maximum absolute atomic E-state index is 12.9. The monoisotopic (exact) mass is 1170 g/mol. The van der Waals surface area contributed by atoms with Crippen LogP contribution in [-0.2, 0) is 70.7 Å². The number of benzene rings is 4. The van der Waals surface area contributed by atoms with E-state index in [4.69, 9.17) is 32.9 Å². The minimum absolute atomic E-state index is 0. The SMILES string of the molecule is Nc1c(-c2c(-c3cccc(P(=O)([O-])[O-])c3N)c3c(-c4cccc(P(=O)([O-])[O-])c4N)c4nc(cc5ccc(cc6nc(cc2n3-c2cccc(P(=O)([O-])[O-])c2N)C=C6)[nH]5)C=C4)cccc1P(=O)([O-])[O-].[Zr+4].[Zr+4]. The molecule has 0 amide bonds. The molecule has 5 heterocycles. The van der Waals surface area contributed by atoms with Gasteiger partial charge in [0, 0.05) is 82.7 Å². The summed E-state index contributed by atoms with van der Waals surface area (Å²) in [6, 6.07) is 21.9. The second-order valence-electron chi connectivity index (χ2n) is 15.5. The van der Waals surface area contributed by atoms with Crippen LogP contribution in [0.2, 0.25) is 0 Å². The topological polar surface area (TPSA) is 403 Å². The number of fused-ring (bicyclic) bond motifs is 8. The van der Waals surface area contributed by atoms with Crippen molar-refractivity contribution in [1.29, 1.82) is 0 Å². The predicted molar refractivity (Wildman–Crippen MR) is 247 cm³/mol. The van der Waals surface area contributed by atoms with Crippen molar-refractivity contribution >= 4 is 121 Å². The van der Waals surface area contributed by atoms with E-state index in [2.05, 4.69) is 4.98 Å². The van der Waals surface area contributed by atoms with Crippen molar-refractivity contribution in [2.24, 2.45) is 0 Å². The first-order valence-corrected chi connectivity index (χ1v) is 25.9. The van der Waals surface area contributed by atoms with Crippen LogP contribution in [0.1, 0.15) is 22.8 Å². The molecule has 70 heavy (non-hydrogen) atoms. The summed E-state index contributed by atoms with van der Waals surface area (Å²) >= 11 is 0. The standard InChI is InChI=1S/C44H38N8O12P4.2Zr/c45-40-27(5-1-9-33(40)65(53,54)55)37-30-18-17-25(51-30)20-24-14-13-22(49-24)19-23-15-16-26(50-23)21-32-38(28-6-2-10-34(41(28)46)66(56,57)58)39(29-7-3-11-35(42(29)47)67(59,60)61)44(37)52(32)31-8-4-12-36(43(31)48)68(62,63)64;;/h1-21,49H,45-48H2,(H2,53,54,55)(H2,56,57,58)(H2,59,60,61)(H2,62,63,64);;/q;2*+4/p-8. The minimum atomic E-state index is -5.75. The molecule has 2 aliphatic rings. The van der Waals surface area contributed by atoms with E-state index in [1.165, 1.54) is 59.2 Å². The van der Waals surface area contributed by atoms with Crippen LogP contribution in [0, 0.1) is 0 Å². The number of anilines is 4. The van der Waals surface area contributed by atoms with E-state index in [1.54, 1.807) is 42.5 Å². The second kappa shape index (κ2) is 19.2. The fraction of sp³-hybridized carbons (Fsp3) is 0. The zero-order valence-electron chi connectivity index (χ0n) is 35.5. The molecule has 0 aliphatic carbocycles. The zero-order chi connectivity index (χ0) is 48.8. The van der Waals surface area contributed by atoms with E-state index in [9.17, 15) is 57.4 Å². The molecule has 0 saturated carbocycles. The van der Waals surface area contributed by atoms with Gasteiger partial charge in [-0.1, -0.05) is 66.7 Å². The van der Waals surface area contributed by atoms with Crippen molar-refractivity contribution in [2.45, 2.75) is 0 Å². The first-order chi connectivity index (χ1) is 31.9. The molecular formula is C44H30N8O12P4Zr2. The van der Waals surface area contributed by atoms with Crippen molar-refractivity contribution < 1.29 is 110 Å². The third kappa shape index (κ3) is 9.72. The molecule has 0 radical (unpaired) electrons.